The van der Waals surface area contributed by atoms with Crippen molar-refractivity contribution < 1.29 is 39.2 Å². The van der Waals surface area contributed by atoms with E-state index >= 15 is 0 Å². The van der Waals surface area contributed by atoms with Crippen molar-refractivity contribution in [1.82, 2.24) is 5.32 Å². The van der Waals surface area contributed by atoms with E-state index in [0.29, 0.717) is 37.6 Å². The number of ether oxygens (including phenoxy) is 1. The first-order chi connectivity index (χ1) is 19.9. The van der Waals surface area contributed by atoms with Crippen molar-refractivity contribution >= 4 is 23.4 Å². The molecular formula is C33H43NO8. The monoisotopic (exact) mass is 581 g/mol. The highest BCUT2D eigenvalue weighted by Gasteiger charge is 2.66. The third-order valence-electron chi connectivity index (χ3n) is 11.3. The van der Waals surface area contributed by atoms with Crippen molar-refractivity contribution in [2.24, 2.45) is 28.6 Å². The number of fused-ring (bicyclic) bond motifs is 5. The highest BCUT2D eigenvalue weighted by atomic mass is 16.5. The van der Waals surface area contributed by atoms with E-state index in [1.807, 2.05) is 13.0 Å². The maximum Gasteiger partial charge on any atom is 0.306 e. The lowest BCUT2D eigenvalue weighted by Gasteiger charge is -2.58. The first-order valence-electron chi connectivity index (χ1n) is 15.3. The number of nitrogens with one attached hydrogen (secondary N) is 1. The Morgan fingerprint density at radius 3 is 2.50 bits per heavy atom. The van der Waals surface area contributed by atoms with Crippen LogP contribution in [0.3, 0.4) is 0 Å². The fourth-order valence-corrected chi connectivity index (χ4v) is 8.75. The van der Waals surface area contributed by atoms with Gasteiger partial charge in [-0.3, -0.25) is 19.2 Å². The Bertz CT molecular complexity index is 1300. The summed E-state index contributed by atoms with van der Waals surface area (Å²) in [6.07, 6.45) is 8.10. The summed E-state index contributed by atoms with van der Waals surface area (Å²) >= 11 is 0. The Balaban J connectivity index is 1.10. The standard InChI is InChI=1S/C33H43NO8/c1-31-13-9-22(35)18-21(31)4-5-23-24(31)10-14-32(2)25(23)11-15-33(32,41)28(38)19-42-30(40)8-7-29(39)34-16-12-20-3-6-26(36)27(37)17-20/h3,6,17-18,23-25,36-37,41H,4-5,7-16,19H2,1-2H3,(H,34,39)/t23?,24?,25?,31-,32-,33-/m0/s1. The number of hydrogen-bond acceptors (Lipinski definition) is 8. The van der Waals surface area contributed by atoms with E-state index in [-0.39, 0.29) is 47.4 Å². The minimum atomic E-state index is -1.55. The highest BCUT2D eigenvalue weighted by molar-refractivity contribution is 5.92. The van der Waals surface area contributed by atoms with Crippen LogP contribution in [0.2, 0.25) is 0 Å². The van der Waals surface area contributed by atoms with E-state index in [1.54, 1.807) is 6.07 Å². The molecular weight excluding hydrogens is 538 g/mol. The average Bonchev–Trinajstić information content (AvgIpc) is 3.24. The molecule has 42 heavy (non-hydrogen) atoms. The lowest BCUT2D eigenvalue weighted by atomic mass is 9.46. The van der Waals surface area contributed by atoms with Gasteiger partial charge >= 0.3 is 5.97 Å². The van der Waals surface area contributed by atoms with Crippen molar-refractivity contribution in [3.63, 3.8) is 0 Å². The summed E-state index contributed by atoms with van der Waals surface area (Å²) in [6, 6.07) is 4.44. The summed E-state index contributed by atoms with van der Waals surface area (Å²) in [5, 5.41) is 33.4. The molecule has 0 saturated heterocycles. The van der Waals surface area contributed by atoms with Gasteiger partial charge in [0.1, 0.15) is 5.60 Å². The molecule has 0 radical (unpaired) electrons. The van der Waals surface area contributed by atoms with Crippen molar-refractivity contribution in [3.8, 4) is 11.5 Å². The maximum atomic E-state index is 13.4. The van der Waals surface area contributed by atoms with Gasteiger partial charge in [0.25, 0.3) is 0 Å². The molecule has 0 spiro atoms. The fourth-order valence-electron chi connectivity index (χ4n) is 8.75. The minimum Gasteiger partial charge on any atom is -0.504 e. The number of allylic oxidation sites excluding steroid dienone is 1. The zero-order chi connectivity index (χ0) is 30.3. The molecule has 1 amide bonds. The summed E-state index contributed by atoms with van der Waals surface area (Å²) in [5.74, 6) is -0.657. The molecule has 4 aliphatic rings. The Labute approximate surface area is 246 Å². The zero-order valence-corrected chi connectivity index (χ0v) is 24.6. The number of phenols is 2. The van der Waals surface area contributed by atoms with Crippen LogP contribution >= 0.6 is 0 Å². The van der Waals surface area contributed by atoms with Gasteiger partial charge in [-0.25, -0.2) is 0 Å². The van der Waals surface area contributed by atoms with E-state index in [2.05, 4.69) is 12.2 Å². The fraction of sp³-hybridized carbons (Fsp3) is 0.636. The topological polar surface area (TPSA) is 150 Å². The number of rotatable bonds is 9. The lowest BCUT2D eigenvalue weighted by Crippen LogP contribution is -2.58. The third-order valence-corrected chi connectivity index (χ3v) is 11.3. The normalized spacial score (nSPS) is 33.5. The maximum absolute atomic E-state index is 13.4. The van der Waals surface area contributed by atoms with Crippen LogP contribution in [0.25, 0.3) is 0 Å². The molecule has 228 valence electrons. The van der Waals surface area contributed by atoms with Crippen molar-refractivity contribution in [2.45, 2.75) is 90.1 Å². The highest BCUT2D eigenvalue weighted by Crippen LogP contribution is 2.67. The molecule has 4 aliphatic carbocycles. The van der Waals surface area contributed by atoms with E-state index in [9.17, 15) is 34.5 Å². The largest absolute Gasteiger partial charge is 0.504 e. The van der Waals surface area contributed by atoms with Gasteiger partial charge in [0.2, 0.25) is 11.7 Å². The van der Waals surface area contributed by atoms with Gasteiger partial charge in [0, 0.05) is 24.8 Å². The third kappa shape index (κ3) is 5.36. The van der Waals surface area contributed by atoms with Gasteiger partial charge in [-0.1, -0.05) is 25.5 Å². The zero-order valence-electron chi connectivity index (χ0n) is 24.6. The molecule has 3 unspecified atom stereocenters. The second-order valence-corrected chi connectivity index (χ2v) is 13.3. The van der Waals surface area contributed by atoms with Gasteiger partial charge in [0.15, 0.2) is 23.9 Å². The van der Waals surface area contributed by atoms with Crippen LogP contribution in [0.4, 0.5) is 0 Å². The summed E-state index contributed by atoms with van der Waals surface area (Å²) in [7, 11) is 0. The number of ketones is 2. The van der Waals surface area contributed by atoms with Crippen LogP contribution in [-0.4, -0.2) is 57.5 Å². The molecule has 3 fully saturated rings. The first-order valence-corrected chi connectivity index (χ1v) is 15.3. The molecule has 0 heterocycles. The van der Waals surface area contributed by atoms with Crippen LogP contribution in [0, 0.1) is 28.6 Å². The van der Waals surface area contributed by atoms with Crippen molar-refractivity contribution in [3.05, 3.63) is 35.4 Å². The molecule has 4 N–H and O–H groups in total. The van der Waals surface area contributed by atoms with Crippen LogP contribution in [0.15, 0.2) is 29.8 Å². The van der Waals surface area contributed by atoms with Gasteiger partial charge in [-0.2, -0.15) is 0 Å². The Kier molecular flexibility index (Phi) is 8.27. The van der Waals surface area contributed by atoms with Crippen molar-refractivity contribution in [2.75, 3.05) is 13.2 Å². The summed E-state index contributed by atoms with van der Waals surface area (Å²) in [6.45, 7) is 4.12. The van der Waals surface area contributed by atoms with E-state index in [4.69, 9.17) is 4.74 Å². The van der Waals surface area contributed by atoms with Crippen LogP contribution < -0.4 is 5.32 Å². The summed E-state index contributed by atoms with van der Waals surface area (Å²) in [5.41, 5.74) is -0.107. The number of Topliss-reactive ketones (excluding diaryl/α,β-unsaturated/α-hetero) is 1. The van der Waals surface area contributed by atoms with Crippen LogP contribution in [-0.2, 0) is 30.3 Å². The van der Waals surface area contributed by atoms with E-state index in [1.165, 1.54) is 17.7 Å². The molecule has 0 bridgehead atoms. The number of amides is 1. The molecule has 1 aromatic carbocycles. The molecule has 0 aromatic heterocycles. The molecule has 0 aliphatic heterocycles. The van der Waals surface area contributed by atoms with Gasteiger partial charge < -0.3 is 25.4 Å². The molecule has 1 aromatic rings. The summed E-state index contributed by atoms with van der Waals surface area (Å²) in [4.78, 5) is 50.0. The van der Waals surface area contributed by atoms with Gasteiger partial charge in [-0.15, -0.1) is 0 Å². The smallest absolute Gasteiger partial charge is 0.306 e. The molecule has 5 rings (SSSR count). The number of aromatic hydroxyl groups is 2. The SMILES string of the molecule is C[C@]12CCC(=O)C=C1CCC1C2CC[C@@]2(C)C1CC[C@]2(O)C(=O)COC(=O)CCC(=O)NCCc1ccc(O)c(O)c1. The predicted molar refractivity (Wildman–Crippen MR) is 153 cm³/mol. The number of carbonyl (C=O) groups is 4. The lowest BCUT2D eigenvalue weighted by molar-refractivity contribution is -0.170. The quantitative estimate of drug-likeness (QED) is 0.253. The molecule has 9 nitrogen and oxygen atoms in total. The molecule has 9 heteroatoms. The second-order valence-electron chi connectivity index (χ2n) is 13.3. The number of phenolic OH excluding ortho intramolecular Hbond substituents is 2. The number of hydrogen-bond donors (Lipinski definition) is 4. The predicted octanol–water partition coefficient (Wildman–Crippen LogP) is 3.91. The van der Waals surface area contributed by atoms with E-state index in [0.717, 1.165) is 44.1 Å². The summed E-state index contributed by atoms with van der Waals surface area (Å²) < 4.78 is 5.24. The number of benzene rings is 1. The number of aliphatic hydroxyl groups is 1. The minimum absolute atomic E-state index is 0.0131. The van der Waals surface area contributed by atoms with Gasteiger partial charge in [-0.05, 0) is 98.3 Å². The second kappa shape index (κ2) is 11.5. The molecule has 6 atom stereocenters. The van der Waals surface area contributed by atoms with Crippen LogP contribution in [0.1, 0.15) is 83.6 Å². The van der Waals surface area contributed by atoms with Crippen molar-refractivity contribution in [1.29, 1.82) is 0 Å². The molecule has 3 saturated carbocycles. The van der Waals surface area contributed by atoms with E-state index < -0.39 is 29.4 Å². The number of carbonyl (C=O) groups excluding carboxylic acids is 4. The number of esters is 1. The van der Waals surface area contributed by atoms with Crippen LogP contribution in [0.5, 0.6) is 11.5 Å². The Morgan fingerprint density at radius 1 is 0.976 bits per heavy atom. The Morgan fingerprint density at radius 2 is 1.74 bits per heavy atom. The average molecular weight is 582 g/mol. The van der Waals surface area contributed by atoms with Gasteiger partial charge in [0.05, 0.1) is 6.42 Å². The Hall–Kier alpha value is -3.20. The first kappa shape index (κ1) is 30.3.